The molecule has 0 fully saturated rings. The number of hydrogen-bond donors (Lipinski definition) is 1. The molecule has 1 aromatic carbocycles. The van der Waals surface area contributed by atoms with E-state index in [0.29, 0.717) is 6.04 Å². The fourth-order valence-corrected chi connectivity index (χ4v) is 2.00. The first-order valence-corrected chi connectivity index (χ1v) is 6.65. The second kappa shape index (κ2) is 6.14. The lowest BCUT2D eigenvalue weighted by Crippen LogP contribution is -2.47. The van der Waals surface area contributed by atoms with Gasteiger partial charge in [-0.2, -0.15) is 0 Å². The predicted molar refractivity (Wildman–Crippen MR) is 76.7 cm³/mol. The molecule has 0 aliphatic carbocycles. The van der Waals surface area contributed by atoms with Gasteiger partial charge >= 0.3 is 0 Å². The van der Waals surface area contributed by atoms with Crippen molar-refractivity contribution in [2.45, 2.75) is 53.1 Å². The number of hydrogen-bond acceptors (Lipinski definition) is 2. The molecular weight excluding hydrogens is 222 g/mol. The van der Waals surface area contributed by atoms with Crippen molar-refractivity contribution in [2.24, 2.45) is 5.41 Å². The SMILES string of the molecule is CC(C)NC(Cc1ccccc1)C(=O)C(C)(C)C. The molecule has 1 N–H and O–H groups in total. The van der Waals surface area contributed by atoms with E-state index in [9.17, 15) is 4.79 Å². The minimum atomic E-state index is -0.304. The van der Waals surface area contributed by atoms with Crippen LogP contribution in [-0.2, 0) is 11.2 Å². The normalized spacial score (nSPS) is 13.7. The van der Waals surface area contributed by atoms with Gasteiger partial charge in [0.05, 0.1) is 6.04 Å². The fraction of sp³-hybridized carbons (Fsp3) is 0.562. The van der Waals surface area contributed by atoms with Gasteiger partial charge in [0.15, 0.2) is 5.78 Å². The van der Waals surface area contributed by atoms with Gasteiger partial charge in [-0.25, -0.2) is 0 Å². The van der Waals surface area contributed by atoms with Crippen molar-refractivity contribution in [3.8, 4) is 0 Å². The van der Waals surface area contributed by atoms with Gasteiger partial charge in [-0.3, -0.25) is 4.79 Å². The Kier molecular flexibility index (Phi) is 5.09. The number of nitrogens with one attached hydrogen (secondary N) is 1. The molecule has 0 aliphatic rings. The van der Waals surface area contributed by atoms with Gasteiger partial charge in [-0.1, -0.05) is 65.0 Å². The predicted octanol–water partition coefficient (Wildman–Crippen LogP) is 3.21. The Hall–Kier alpha value is -1.15. The van der Waals surface area contributed by atoms with Gasteiger partial charge in [-0.05, 0) is 12.0 Å². The van der Waals surface area contributed by atoms with E-state index < -0.39 is 0 Å². The molecule has 0 bridgehead atoms. The van der Waals surface area contributed by atoms with Crippen LogP contribution in [-0.4, -0.2) is 17.9 Å². The Morgan fingerprint density at radius 2 is 1.72 bits per heavy atom. The van der Waals surface area contributed by atoms with Gasteiger partial charge in [0, 0.05) is 11.5 Å². The molecule has 18 heavy (non-hydrogen) atoms. The number of ketones is 1. The molecule has 1 atom stereocenters. The van der Waals surface area contributed by atoms with Crippen LogP contribution < -0.4 is 5.32 Å². The van der Waals surface area contributed by atoms with Crippen molar-refractivity contribution < 1.29 is 4.79 Å². The smallest absolute Gasteiger partial charge is 0.155 e. The number of rotatable bonds is 5. The highest BCUT2D eigenvalue weighted by atomic mass is 16.1. The van der Waals surface area contributed by atoms with E-state index in [1.54, 1.807) is 0 Å². The van der Waals surface area contributed by atoms with Crippen molar-refractivity contribution in [2.75, 3.05) is 0 Å². The third-order valence-electron chi connectivity index (χ3n) is 2.87. The lowest BCUT2D eigenvalue weighted by molar-refractivity contribution is -0.128. The maximum Gasteiger partial charge on any atom is 0.155 e. The molecule has 100 valence electrons. The maximum absolute atomic E-state index is 12.4. The molecule has 0 radical (unpaired) electrons. The zero-order chi connectivity index (χ0) is 13.8. The largest absolute Gasteiger partial charge is 0.305 e. The monoisotopic (exact) mass is 247 g/mol. The van der Waals surface area contributed by atoms with E-state index in [4.69, 9.17) is 0 Å². The van der Waals surface area contributed by atoms with Gasteiger partial charge in [-0.15, -0.1) is 0 Å². The lowest BCUT2D eigenvalue weighted by Gasteiger charge is -2.27. The summed E-state index contributed by atoms with van der Waals surface area (Å²) in [4.78, 5) is 12.4. The Bertz CT molecular complexity index is 376. The molecule has 0 spiro atoms. The second-order valence-electron chi connectivity index (χ2n) is 6.18. The first-order valence-electron chi connectivity index (χ1n) is 6.65. The number of carbonyl (C=O) groups excluding carboxylic acids is 1. The number of benzene rings is 1. The zero-order valence-corrected chi connectivity index (χ0v) is 12.2. The fourth-order valence-electron chi connectivity index (χ4n) is 2.00. The molecule has 2 nitrogen and oxygen atoms in total. The molecule has 0 heterocycles. The minimum absolute atomic E-state index is 0.104. The Labute approximate surface area is 111 Å². The standard InChI is InChI=1S/C16H25NO/c1-12(2)17-14(15(18)16(3,4)5)11-13-9-7-6-8-10-13/h6-10,12,14,17H,11H2,1-5H3. The second-order valence-corrected chi connectivity index (χ2v) is 6.18. The molecular formula is C16H25NO. The summed E-state index contributed by atoms with van der Waals surface area (Å²) < 4.78 is 0. The first kappa shape index (κ1) is 14.9. The summed E-state index contributed by atoms with van der Waals surface area (Å²) in [6.45, 7) is 10.1. The average Bonchev–Trinajstić information content (AvgIpc) is 2.26. The summed E-state index contributed by atoms with van der Waals surface area (Å²) in [5.74, 6) is 0.278. The molecule has 0 saturated carbocycles. The van der Waals surface area contributed by atoms with E-state index in [2.05, 4.69) is 31.3 Å². The van der Waals surface area contributed by atoms with Crippen molar-refractivity contribution in [3.63, 3.8) is 0 Å². The Morgan fingerprint density at radius 3 is 2.17 bits per heavy atom. The van der Waals surface area contributed by atoms with E-state index >= 15 is 0 Å². The Morgan fingerprint density at radius 1 is 1.17 bits per heavy atom. The van der Waals surface area contributed by atoms with Gasteiger partial charge in [0.1, 0.15) is 0 Å². The third-order valence-corrected chi connectivity index (χ3v) is 2.87. The van der Waals surface area contributed by atoms with Crippen LogP contribution in [0.3, 0.4) is 0 Å². The van der Waals surface area contributed by atoms with Gasteiger partial charge in [0.2, 0.25) is 0 Å². The van der Waals surface area contributed by atoms with E-state index in [1.165, 1.54) is 5.56 Å². The first-order chi connectivity index (χ1) is 8.30. The topological polar surface area (TPSA) is 29.1 Å². The van der Waals surface area contributed by atoms with E-state index in [1.807, 2.05) is 39.0 Å². The zero-order valence-electron chi connectivity index (χ0n) is 12.2. The molecule has 0 saturated heterocycles. The van der Waals surface area contributed by atoms with Crippen molar-refractivity contribution in [1.29, 1.82) is 0 Å². The van der Waals surface area contributed by atoms with Gasteiger partial charge < -0.3 is 5.32 Å². The van der Waals surface area contributed by atoms with Gasteiger partial charge in [0.25, 0.3) is 0 Å². The number of Topliss-reactive ketones (excluding diaryl/α,β-unsaturated/α-hetero) is 1. The summed E-state index contributed by atoms with van der Waals surface area (Å²) >= 11 is 0. The van der Waals surface area contributed by atoms with E-state index in [0.717, 1.165) is 6.42 Å². The van der Waals surface area contributed by atoms with Crippen LogP contribution >= 0.6 is 0 Å². The summed E-state index contributed by atoms with van der Waals surface area (Å²) in [5.41, 5.74) is 0.898. The van der Waals surface area contributed by atoms with Crippen molar-refractivity contribution >= 4 is 5.78 Å². The van der Waals surface area contributed by atoms with E-state index in [-0.39, 0.29) is 17.2 Å². The summed E-state index contributed by atoms with van der Waals surface area (Å²) in [7, 11) is 0. The highest BCUT2D eigenvalue weighted by Gasteiger charge is 2.29. The van der Waals surface area contributed by atoms with Crippen LogP contribution in [0.1, 0.15) is 40.2 Å². The van der Waals surface area contributed by atoms with Crippen molar-refractivity contribution in [1.82, 2.24) is 5.32 Å². The van der Waals surface area contributed by atoms with Crippen LogP contribution in [0.4, 0.5) is 0 Å². The molecule has 2 heteroatoms. The summed E-state index contributed by atoms with van der Waals surface area (Å²) in [6, 6.07) is 10.4. The van der Waals surface area contributed by atoms with Crippen molar-refractivity contribution in [3.05, 3.63) is 35.9 Å². The molecule has 1 unspecified atom stereocenters. The molecule has 0 aromatic heterocycles. The highest BCUT2D eigenvalue weighted by molar-refractivity contribution is 5.89. The number of carbonyl (C=O) groups is 1. The molecule has 0 amide bonds. The summed E-state index contributed by atoms with van der Waals surface area (Å²) in [6.07, 6.45) is 0.759. The van der Waals surface area contributed by atoms with Crippen LogP contribution in [0.15, 0.2) is 30.3 Å². The minimum Gasteiger partial charge on any atom is -0.305 e. The van der Waals surface area contributed by atoms with Crippen LogP contribution in [0, 0.1) is 5.41 Å². The highest BCUT2D eigenvalue weighted by Crippen LogP contribution is 2.19. The van der Waals surface area contributed by atoms with Crippen LogP contribution in [0.25, 0.3) is 0 Å². The lowest BCUT2D eigenvalue weighted by atomic mass is 9.84. The van der Waals surface area contributed by atoms with Crippen LogP contribution in [0.2, 0.25) is 0 Å². The Balaban J connectivity index is 2.83. The quantitative estimate of drug-likeness (QED) is 0.865. The maximum atomic E-state index is 12.4. The summed E-state index contributed by atoms with van der Waals surface area (Å²) in [5, 5.41) is 3.39. The average molecular weight is 247 g/mol. The third kappa shape index (κ3) is 4.61. The molecule has 1 aromatic rings. The molecule has 0 aliphatic heterocycles. The van der Waals surface area contributed by atoms with Crippen LogP contribution in [0.5, 0.6) is 0 Å². The molecule has 1 rings (SSSR count).